The highest BCUT2D eigenvalue weighted by Crippen LogP contribution is 2.27. The zero-order valence-electron chi connectivity index (χ0n) is 10.7. The molecule has 0 unspecified atom stereocenters. The molecule has 1 aromatic carbocycles. The summed E-state index contributed by atoms with van der Waals surface area (Å²) in [5, 5.41) is 0. The first-order valence-corrected chi connectivity index (χ1v) is 5.89. The molecule has 0 aliphatic rings. The lowest BCUT2D eigenvalue weighted by atomic mass is 10.0. The fourth-order valence-electron chi connectivity index (χ4n) is 1.90. The predicted molar refractivity (Wildman–Crippen MR) is 68.8 cm³/mol. The van der Waals surface area contributed by atoms with E-state index in [1.54, 1.807) is 20.1 Å². The third kappa shape index (κ3) is 3.41. The lowest BCUT2D eigenvalue weighted by molar-refractivity contribution is 0.205. The SMILES string of the molecule is CCN(CCOC)c1cccc(F)c1[C@@H](C)N. The Morgan fingerprint density at radius 2 is 2.18 bits per heavy atom. The standard InChI is InChI=1S/C13H21FN2O/c1-4-16(8-9-17-3)12-7-5-6-11(14)13(12)10(2)15/h5-7,10H,4,8-9,15H2,1-3H3/t10-/m1/s1. The van der Waals surface area contributed by atoms with E-state index in [0.29, 0.717) is 12.2 Å². The molecule has 0 spiro atoms. The normalized spacial score (nSPS) is 12.5. The molecule has 0 aliphatic heterocycles. The molecule has 0 aromatic heterocycles. The summed E-state index contributed by atoms with van der Waals surface area (Å²) in [6, 6.07) is 4.75. The van der Waals surface area contributed by atoms with Gasteiger partial charge in [-0.3, -0.25) is 0 Å². The smallest absolute Gasteiger partial charge is 0.130 e. The van der Waals surface area contributed by atoms with Gasteiger partial charge >= 0.3 is 0 Å². The van der Waals surface area contributed by atoms with Gasteiger partial charge in [0.2, 0.25) is 0 Å². The number of anilines is 1. The van der Waals surface area contributed by atoms with Crippen LogP contribution >= 0.6 is 0 Å². The van der Waals surface area contributed by atoms with Crippen LogP contribution in [0.5, 0.6) is 0 Å². The monoisotopic (exact) mass is 240 g/mol. The fourth-order valence-corrected chi connectivity index (χ4v) is 1.90. The van der Waals surface area contributed by atoms with E-state index in [0.717, 1.165) is 18.8 Å². The molecule has 0 saturated carbocycles. The van der Waals surface area contributed by atoms with Crippen LogP contribution in [0.25, 0.3) is 0 Å². The first-order chi connectivity index (χ1) is 8.11. The van der Waals surface area contributed by atoms with Gasteiger partial charge in [-0.1, -0.05) is 6.07 Å². The zero-order valence-corrected chi connectivity index (χ0v) is 10.7. The van der Waals surface area contributed by atoms with Crippen LogP contribution in [0.2, 0.25) is 0 Å². The second-order valence-corrected chi connectivity index (χ2v) is 4.03. The number of ether oxygens (including phenoxy) is 1. The van der Waals surface area contributed by atoms with E-state index in [-0.39, 0.29) is 11.9 Å². The number of hydrogen-bond acceptors (Lipinski definition) is 3. The van der Waals surface area contributed by atoms with Crippen LogP contribution in [0.1, 0.15) is 25.5 Å². The summed E-state index contributed by atoms with van der Waals surface area (Å²) in [4.78, 5) is 2.07. The van der Waals surface area contributed by atoms with Crippen molar-refractivity contribution in [2.75, 3.05) is 31.7 Å². The zero-order chi connectivity index (χ0) is 12.8. The van der Waals surface area contributed by atoms with Crippen molar-refractivity contribution in [1.82, 2.24) is 0 Å². The molecule has 0 fully saturated rings. The van der Waals surface area contributed by atoms with Crippen molar-refractivity contribution in [3.63, 3.8) is 0 Å². The van der Waals surface area contributed by atoms with Crippen LogP contribution in [0.4, 0.5) is 10.1 Å². The van der Waals surface area contributed by atoms with Gasteiger partial charge in [0.15, 0.2) is 0 Å². The maximum absolute atomic E-state index is 13.8. The molecule has 0 heterocycles. The van der Waals surface area contributed by atoms with E-state index in [9.17, 15) is 4.39 Å². The molecule has 3 nitrogen and oxygen atoms in total. The average molecular weight is 240 g/mol. The minimum absolute atomic E-state index is 0.242. The Kier molecular flexibility index (Phi) is 5.38. The fraction of sp³-hybridized carbons (Fsp3) is 0.538. The van der Waals surface area contributed by atoms with Gasteiger partial charge in [-0.05, 0) is 26.0 Å². The number of halogens is 1. The molecule has 0 radical (unpaired) electrons. The van der Waals surface area contributed by atoms with Gasteiger partial charge in [-0.15, -0.1) is 0 Å². The van der Waals surface area contributed by atoms with Crippen molar-refractivity contribution in [2.24, 2.45) is 5.73 Å². The van der Waals surface area contributed by atoms with E-state index >= 15 is 0 Å². The number of likely N-dealkylation sites (N-methyl/N-ethyl adjacent to an activating group) is 1. The van der Waals surface area contributed by atoms with Crippen LogP contribution < -0.4 is 10.6 Å². The minimum Gasteiger partial charge on any atom is -0.383 e. The van der Waals surface area contributed by atoms with Gasteiger partial charge in [-0.25, -0.2) is 4.39 Å². The third-order valence-electron chi connectivity index (χ3n) is 2.77. The minimum atomic E-state index is -0.317. The van der Waals surface area contributed by atoms with Crippen LogP contribution in [0.3, 0.4) is 0 Å². The molecule has 4 heteroatoms. The largest absolute Gasteiger partial charge is 0.383 e. The van der Waals surface area contributed by atoms with Crippen molar-refractivity contribution in [3.05, 3.63) is 29.6 Å². The first-order valence-electron chi connectivity index (χ1n) is 5.89. The number of benzene rings is 1. The summed E-state index contributed by atoms with van der Waals surface area (Å²) in [5.41, 5.74) is 7.27. The van der Waals surface area contributed by atoms with Crippen LogP contribution in [-0.2, 0) is 4.74 Å². The molecule has 0 saturated heterocycles. The lowest BCUT2D eigenvalue weighted by Crippen LogP contribution is -2.29. The Morgan fingerprint density at radius 1 is 1.47 bits per heavy atom. The number of rotatable bonds is 6. The number of nitrogens with zero attached hydrogens (tertiary/aromatic N) is 1. The Bertz CT molecular complexity index is 355. The molecule has 0 aliphatic carbocycles. The third-order valence-corrected chi connectivity index (χ3v) is 2.77. The number of methoxy groups -OCH3 is 1. The van der Waals surface area contributed by atoms with E-state index in [1.807, 2.05) is 13.0 Å². The summed E-state index contributed by atoms with van der Waals surface area (Å²) < 4.78 is 18.8. The van der Waals surface area contributed by atoms with Gasteiger partial charge in [0.1, 0.15) is 5.82 Å². The van der Waals surface area contributed by atoms with Gasteiger partial charge in [-0.2, -0.15) is 0 Å². The summed E-state index contributed by atoms with van der Waals surface area (Å²) in [6.07, 6.45) is 0. The van der Waals surface area contributed by atoms with Gasteiger partial charge in [0.25, 0.3) is 0 Å². The molecule has 1 aromatic rings. The molecule has 0 bridgehead atoms. The number of hydrogen-bond donors (Lipinski definition) is 1. The van der Waals surface area contributed by atoms with Gasteiger partial charge < -0.3 is 15.4 Å². The van der Waals surface area contributed by atoms with E-state index in [4.69, 9.17) is 10.5 Å². The van der Waals surface area contributed by atoms with Crippen LogP contribution in [0.15, 0.2) is 18.2 Å². The molecule has 0 amide bonds. The van der Waals surface area contributed by atoms with E-state index in [1.165, 1.54) is 6.07 Å². The van der Waals surface area contributed by atoms with E-state index < -0.39 is 0 Å². The molecule has 96 valence electrons. The summed E-state index contributed by atoms with van der Waals surface area (Å²) in [6.45, 7) is 5.98. The molecule has 1 atom stereocenters. The van der Waals surface area contributed by atoms with Crippen LogP contribution in [-0.4, -0.2) is 26.8 Å². The quantitative estimate of drug-likeness (QED) is 0.829. The molecule has 17 heavy (non-hydrogen) atoms. The van der Waals surface area contributed by atoms with Crippen molar-refractivity contribution in [3.8, 4) is 0 Å². The maximum atomic E-state index is 13.8. The van der Waals surface area contributed by atoms with Gasteiger partial charge in [0, 0.05) is 37.5 Å². The highest BCUT2D eigenvalue weighted by molar-refractivity contribution is 5.55. The van der Waals surface area contributed by atoms with Crippen molar-refractivity contribution in [2.45, 2.75) is 19.9 Å². The first kappa shape index (κ1) is 13.9. The molecule has 1 rings (SSSR count). The Balaban J connectivity index is 3.05. The predicted octanol–water partition coefficient (Wildman–Crippen LogP) is 2.32. The summed E-state index contributed by atoms with van der Waals surface area (Å²) in [7, 11) is 1.66. The topological polar surface area (TPSA) is 38.5 Å². The Labute approximate surface area is 102 Å². The van der Waals surface area contributed by atoms with Crippen molar-refractivity contribution < 1.29 is 9.13 Å². The molecular formula is C13H21FN2O. The Hall–Kier alpha value is -1.13. The highest BCUT2D eigenvalue weighted by atomic mass is 19.1. The molecular weight excluding hydrogens is 219 g/mol. The summed E-state index contributed by atoms with van der Waals surface area (Å²) in [5.74, 6) is -0.242. The molecule has 2 N–H and O–H groups in total. The second-order valence-electron chi connectivity index (χ2n) is 4.03. The van der Waals surface area contributed by atoms with E-state index in [2.05, 4.69) is 4.90 Å². The summed E-state index contributed by atoms with van der Waals surface area (Å²) >= 11 is 0. The average Bonchev–Trinajstić information content (AvgIpc) is 2.29. The van der Waals surface area contributed by atoms with Gasteiger partial charge in [0.05, 0.1) is 6.61 Å². The maximum Gasteiger partial charge on any atom is 0.130 e. The lowest BCUT2D eigenvalue weighted by Gasteiger charge is -2.26. The number of nitrogens with two attached hydrogens (primary N) is 1. The van der Waals surface area contributed by atoms with Crippen molar-refractivity contribution >= 4 is 5.69 Å². The highest BCUT2D eigenvalue weighted by Gasteiger charge is 2.16. The van der Waals surface area contributed by atoms with Crippen LogP contribution in [0, 0.1) is 5.82 Å². The second kappa shape index (κ2) is 6.57. The van der Waals surface area contributed by atoms with Crippen molar-refractivity contribution in [1.29, 1.82) is 0 Å². The Morgan fingerprint density at radius 3 is 2.71 bits per heavy atom.